The molecule has 0 unspecified atom stereocenters. The number of benzene rings is 3. The number of fused-ring (bicyclic) bond motifs is 4. The molecule has 3 aromatic carbocycles. The van der Waals surface area contributed by atoms with E-state index in [4.69, 9.17) is 9.97 Å². The Morgan fingerprint density at radius 3 is 1.88 bits per heavy atom. The second kappa shape index (κ2) is 7.24. The minimum Gasteiger partial charge on any atom is -0.293 e. The van der Waals surface area contributed by atoms with Crippen LogP contribution in [0.4, 0.5) is 0 Å². The first kappa shape index (κ1) is 19.6. The zero-order chi connectivity index (χ0) is 22.6. The fourth-order valence-corrected chi connectivity index (χ4v) is 4.51. The maximum Gasteiger partial charge on any atom is 0.150 e. The normalized spacial score (nSPS) is 12.1. The van der Waals surface area contributed by atoms with E-state index in [-0.39, 0.29) is 5.41 Å². The Morgan fingerprint density at radius 1 is 0.636 bits per heavy atom. The van der Waals surface area contributed by atoms with Crippen molar-refractivity contribution in [3.8, 4) is 16.9 Å². The summed E-state index contributed by atoms with van der Waals surface area (Å²) in [7, 11) is 0. The van der Waals surface area contributed by atoms with Crippen LogP contribution in [-0.2, 0) is 5.41 Å². The fraction of sp³-hybridized carbons (Fsp3) is 0.138. The van der Waals surface area contributed by atoms with Crippen molar-refractivity contribution < 1.29 is 0 Å². The summed E-state index contributed by atoms with van der Waals surface area (Å²) in [6, 6.07) is 27.4. The lowest BCUT2D eigenvalue weighted by Crippen LogP contribution is -2.18. The van der Waals surface area contributed by atoms with E-state index in [0.29, 0.717) is 0 Å². The highest BCUT2D eigenvalue weighted by molar-refractivity contribution is 6.10. The first-order valence-corrected chi connectivity index (χ1v) is 11.2. The van der Waals surface area contributed by atoms with E-state index in [9.17, 15) is 0 Å². The molecule has 0 saturated heterocycles. The predicted octanol–water partition coefficient (Wildman–Crippen LogP) is 7.09. The molecule has 33 heavy (non-hydrogen) atoms. The minimum atomic E-state index is -0.209. The SMILES string of the molecule is CC(C)(C)c1nc(-n2c3ccccc3c3ccccc32)c2cncc(-c3ccccc3)c2n1. The van der Waals surface area contributed by atoms with Crippen LogP contribution in [0.15, 0.2) is 91.3 Å². The molecule has 0 aliphatic heterocycles. The second-order valence-electron chi connectivity index (χ2n) is 9.44. The van der Waals surface area contributed by atoms with Gasteiger partial charge in [0.05, 0.1) is 21.9 Å². The number of para-hydroxylation sites is 2. The quantitative estimate of drug-likeness (QED) is 0.296. The summed E-state index contributed by atoms with van der Waals surface area (Å²) in [6.45, 7) is 6.48. The monoisotopic (exact) mass is 428 g/mol. The molecule has 160 valence electrons. The van der Waals surface area contributed by atoms with E-state index in [0.717, 1.165) is 44.7 Å². The molecule has 4 heteroatoms. The van der Waals surface area contributed by atoms with Crippen molar-refractivity contribution in [2.24, 2.45) is 0 Å². The number of hydrogen-bond acceptors (Lipinski definition) is 3. The number of rotatable bonds is 2. The largest absolute Gasteiger partial charge is 0.293 e. The van der Waals surface area contributed by atoms with Crippen LogP contribution in [0, 0.1) is 0 Å². The average Bonchev–Trinajstić information content (AvgIpc) is 3.17. The molecule has 0 spiro atoms. The number of nitrogens with zero attached hydrogens (tertiary/aromatic N) is 4. The van der Waals surface area contributed by atoms with Gasteiger partial charge in [0.15, 0.2) is 5.82 Å². The van der Waals surface area contributed by atoms with Crippen molar-refractivity contribution in [1.82, 2.24) is 19.5 Å². The molecule has 0 saturated carbocycles. The van der Waals surface area contributed by atoms with Gasteiger partial charge < -0.3 is 0 Å². The third-order valence-corrected chi connectivity index (χ3v) is 6.14. The van der Waals surface area contributed by atoms with E-state index < -0.39 is 0 Å². The van der Waals surface area contributed by atoms with Gasteiger partial charge >= 0.3 is 0 Å². The van der Waals surface area contributed by atoms with Crippen molar-refractivity contribution in [3.05, 3.63) is 97.1 Å². The Labute approximate surface area is 192 Å². The highest BCUT2D eigenvalue weighted by Crippen LogP contribution is 2.36. The lowest BCUT2D eigenvalue weighted by atomic mass is 9.95. The molecular weight excluding hydrogens is 404 g/mol. The highest BCUT2D eigenvalue weighted by Gasteiger charge is 2.24. The van der Waals surface area contributed by atoms with Gasteiger partial charge in [0.25, 0.3) is 0 Å². The van der Waals surface area contributed by atoms with Gasteiger partial charge in [-0.2, -0.15) is 0 Å². The van der Waals surface area contributed by atoms with Crippen molar-refractivity contribution in [3.63, 3.8) is 0 Å². The van der Waals surface area contributed by atoms with Crippen molar-refractivity contribution in [2.45, 2.75) is 26.2 Å². The summed E-state index contributed by atoms with van der Waals surface area (Å²) in [5, 5.41) is 3.37. The molecule has 0 aliphatic rings. The molecule has 4 nitrogen and oxygen atoms in total. The molecule has 3 heterocycles. The Bertz CT molecular complexity index is 1590. The number of pyridine rings is 1. The Kier molecular flexibility index (Phi) is 4.31. The molecule has 6 aromatic rings. The summed E-state index contributed by atoms with van der Waals surface area (Å²) in [6.07, 6.45) is 3.81. The van der Waals surface area contributed by atoms with Gasteiger partial charge in [-0.05, 0) is 17.7 Å². The summed E-state index contributed by atoms with van der Waals surface area (Å²) in [5.74, 6) is 1.68. The molecule has 0 atom stereocenters. The predicted molar refractivity (Wildman–Crippen MR) is 136 cm³/mol. The zero-order valence-electron chi connectivity index (χ0n) is 18.9. The molecule has 3 aromatic heterocycles. The Hall–Kier alpha value is -4.05. The van der Waals surface area contributed by atoms with Gasteiger partial charge in [-0.1, -0.05) is 87.5 Å². The molecule has 0 radical (unpaired) electrons. The maximum absolute atomic E-state index is 5.16. The summed E-state index contributed by atoms with van der Waals surface area (Å²) < 4.78 is 2.26. The van der Waals surface area contributed by atoms with Gasteiger partial charge in [-0.15, -0.1) is 0 Å². The van der Waals surface area contributed by atoms with Gasteiger partial charge in [0.2, 0.25) is 0 Å². The van der Waals surface area contributed by atoms with Crippen LogP contribution in [0.5, 0.6) is 0 Å². The lowest BCUT2D eigenvalue weighted by Gasteiger charge is -2.20. The average molecular weight is 429 g/mol. The van der Waals surface area contributed by atoms with Crippen molar-refractivity contribution in [1.29, 1.82) is 0 Å². The summed E-state index contributed by atoms with van der Waals surface area (Å²) in [5.41, 5.74) is 5.09. The zero-order valence-corrected chi connectivity index (χ0v) is 18.9. The molecule has 0 bridgehead atoms. The van der Waals surface area contributed by atoms with Crippen LogP contribution in [0.25, 0.3) is 49.7 Å². The van der Waals surface area contributed by atoms with E-state index in [2.05, 4.69) is 91.0 Å². The van der Waals surface area contributed by atoms with Gasteiger partial charge in [-0.3, -0.25) is 9.55 Å². The van der Waals surface area contributed by atoms with Crippen molar-refractivity contribution >= 4 is 32.7 Å². The van der Waals surface area contributed by atoms with Gasteiger partial charge in [0.1, 0.15) is 5.82 Å². The van der Waals surface area contributed by atoms with Crippen LogP contribution in [0.3, 0.4) is 0 Å². The summed E-state index contributed by atoms with van der Waals surface area (Å²) in [4.78, 5) is 14.9. The molecular formula is C29H24N4. The fourth-order valence-electron chi connectivity index (χ4n) is 4.51. The second-order valence-corrected chi connectivity index (χ2v) is 9.44. The number of aromatic nitrogens is 4. The van der Waals surface area contributed by atoms with E-state index in [1.165, 1.54) is 10.8 Å². The summed E-state index contributed by atoms with van der Waals surface area (Å²) >= 11 is 0. The van der Waals surface area contributed by atoms with Crippen LogP contribution in [0.1, 0.15) is 26.6 Å². The third-order valence-electron chi connectivity index (χ3n) is 6.14. The van der Waals surface area contributed by atoms with E-state index in [1.54, 1.807) is 0 Å². The van der Waals surface area contributed by atoms with Crippen LogP contribution < -0.4 is 0 Å². The van der Waals surface area contributed by atoms with E-state index >= 15 is 0 Å². The Morgan fingerprint density at radius 2 is 1.24 bits per heavy atom. The Balaban J connectivity index is 1.80. The van der Waals surface area contributed by atoms with Crippen molar-refractivity contribution in [2.75, 3.05) is 0 Å². The van der Waals surface area contributed by atoms with E-state index in [1.807, 2.05) is 30.6 Å². The van der Waals surface area contributed by atoms with Gasteiger partial charge in [0, 0.05) is 34.1 Å². The lowest BCUT2D eigenvalue weighted by molar-refractivity contribution is 0.547. The first-order chi connectivity index (χ1) is 16.0. The third kappa shape index (κ3) is 3.10. The molecule has 0 N–H and O–H groups in total. The standard InChI is InChI=1S/C29H24N4/c1-29(2,3)28-31-26-22(19-11-5-4-6-12-19)17-30-18-23(26)27(32-28)33-24-15-9-7-13-20(24)21-14-8-10-16-25(21)33/h4-18H,1-3H3. The molecule has 0 aliphatic carbocycles. The molecule has 6 rings (SSSR count). The molecule has 0 fully saturated rings. The van der Waals surface area contributed by atoms with Crippen LogP contribution in [0.2, 0.25) is 0 Å². The first-order valence-electron chi connectivity index (χ1n) is 11.2. The number of hydrogen-bond donors (Lipinski definition) is 0. The van der Waals surface area contributed by atoms with Gasteiger partial charge in [-0.25, -0.2) is 9.97 Å². The van der Waals surface area contributed by atoms with Crippen LogP contribution >= 0.6 is 0 Å². The molecule has 0 amide bonds. The highest BCUT2D eigenvalue weighted by atomic mass is 15.1. The maximum atomic E-state index is 5.16. The topological polar surface area (TPSA) is 43.6 Å². The minimum absolute atomic E-state index is 0.209. The smallest absolute Gasteiger partial charge is 0.150 e. The van der Waals surface area contributed by atoms with Crippen LogP contribution in [-0.4, -0.2) is 19.5 Å².